The largest absolute Gasteiger partial charge is 0.370 e. The van der Waals surface area contributed by atoms with Crippen LogP contribution in [0.5, 0.6) is 0 Å². The highest BCUT2D eigenvalue weighted by Crippen LogP contribution is 2.17. The number of nitrogens with two attached hydrogens (primary N) is 1. The number of ether oxygens (including phenoxy) is 1. The standard InChI is InChI=1S/C12H13BrN4O/c13-11-4-2-1-3-9(11)7-18-8-10-5-16-12(17-14)6-15-10/h1-6H,7-8,14H2,(H,16,17). The second-order valence-corrected chi connectivity index (χ2v) is 4.48. The van der Waals surface area contributed by atoms with Gasteiger partial charge in [0.05, 0.1) is 31.3 Å². The summed E-state index contributed by atoms with van der Waals surface area (Å²) in [5, 5.41) is 0. The van der Waals surface area contributed by atoms with Crippen LogP contribution in [-0.4, -0.2) is 9.97 Å². The Morgan fingerprint density at radius 3 is 2.67 bits per heavy atom. The molecule has 2 aromatic rings. The van der Waals surface area contributed by atoms with Crippen molar-refractivity contribution >= 4 is 21.7 Å². The molecule has 1 heterocycles. The summed E-state index contributed by atoms with van der Waals surface area (Å²) in [4.78, 5) is 8.21. The summed E-state index contributed by atoms with van der Waals surface area (Å²) in [6, 6.07) is 7.94. The third-order valence-electron chi connectivity index (χ3n) is 2.32. The molecule has 18 heavy (non-hydrogen) atoms. The molecule has 0 aliphatic carbocycles. The van der Waals surface area contributed by atoms with Gasteiger partial charge in [-0.15, -0.1) is 0 Å². The van der Waals surface area contributed by atoms with E-state index >= 15 is 0 Å². The Bertz CT molecular complexity index is 504. The van der Waals surface area contributed by atoms with Crippen molar-refractivity contribution in [3.05, 3.63) is 52.4 Å². The maximum absolute atomic E-state index is 5.58. The van der Waals surface area contributed by atoms with Crippen LogP contribution in [-0.2, 0) is 18.0 Å². The molecule has 1 aromatic carbocycles. The summed E-state index contributed by atoms with van der Waals surface area (Å²) in [6.45, 7) is 0.944. The molecule has 6 heteroatoms. The molecule has 0 aliphatic rings. The Hall–Kier alpha value is -1.50. The quantitative estimate of drug-likeness (QED) is 0.654. The number of hydrogen-bond donors (Lipinski definition) is 2. The minimum absolute atomic E-state index is 0.416. The van der Waals surface area contributed by atoms with Crippen molar-refractivity contribution in [2.24, 2.45) is 5.84 Å². The van der Waals surface area contributed by atoms with Crippen LogP contribution in [0.15, 0.2) is 41.1 Å². The maximum Gasteiger partial charge on any atom is 0.158 e. The van der Waals surface area contributed by atoms with Gasteiger partial charge in [-0.05, 0) is 11.6 Å². The summed E-state index contributed by atoms with van der Waals surface area (Å²) in [6.07, 6.45) is 3.20. The molecule has 0 bridgehead atoms. The predicted octanol–water partition coefficient (Wildman–Crippen LogP) is 2.24. The fourth-order valence-corrected chi connectivity index (χ4v) is 1.78. The van der Waals surface area contributed by atoms with E-state index in [4.69, 9.17) is 10.6 Å². The molecule has 0 spiro atoms. The van der Waals surface area contributed by atoms with E-state index in [1.807, 2.05) is 24.3 Å². The average molecular weight is 309 g/mol. The maximum atomic E-state index is 5.58. The van der Waals surface area contributed by atoms with Gasteiger partial charge < -0.3 is 10.2 Å². The predicted molar refractivity (Wildman–Crippen MR) is 72.5 cm³/mol. The molecule has 0 saturated carbocycles. The van der Waals surface area contributed by atoms with Crippen LogP contribution in [0.4, 0.5) is 5.82 Å². The number of hydrogen-bond acceptors (Lipinski definition) is 5. The highest BCUT2D eigenvalue weighted by molar-refractivity contribution is 9.10. The van der Waals surface area contributed by atoms with Gasteiger partial charge in [0.25, 0.3) is 0 Å². The van der Waals surface area contributed by atoms with E-state index in [-0.39, 0.29) is 0 Å². The van der Waals surface area contributed by atoms with Gasteiger partial charge in [-0.3, -0.25) is 4.98 Å². The highest BCUT2D eigenvalue weighted by atomic mass is 79.9. The van der Waals surface area contributed by atoms with E-state index in [0.29, 0.717) is 19.0 Å². The van der Waals surface area contributed by atoms with Crippen LogP contribution in [0.25, 0.3) is 0 Å². The fraction of sp³-hybridized carbons (Fsp3) is 0.167. The monoisotopic (exact) mass is 308 g/mol. The summed E-state index contributed by atoms with van der Waals surface area (Å²) >= 11 is 3.47. The number of hydrazine groups is 1. The molecule has 0 fully saturated rings. The Kier molecular flexibility index (Phi) is 4.63. The fourth-order valence-electron chi connectivity index (χ4n) is 1.38. The van der Waals surface area contributed by atoms with Crippen molar-refractivity contribution in [2.75, 3.05) is 5.43 Å². The Balaban J connectivity index is 1.86. The zero-order valence-electron chi connectivity index (χ0n) is 9.64. The van der Waals surface area contributed by atoms with Gasteiger partial charge in [-0.1, -0.05) is 34.1 Å². The number of anilines is 1. The van der Waals surface area contributed by atoms with Crippen LogP contribution in [0.3, 0.4) is 0 Å². The van der Waals surface area contributed by atoms with Crippen LogP contribution in [0.1, 0.15) is 11.3 Å². The molecule has 3 N–H and O–H groups in total. The van der Waals surface area contributed by atoms with E-state index in [0.717, 1.165) is 15.7 Å². The van der Waals surface area contributed by atoms with Gasteiger partial charge in [0.2, 0.25) is 0 Å². The number of benzene rings is 1. The molecule has 0 amide bonds. The van der Waals surface area contributed by atoms with Crippen LogP contribution in [0.2, 0.25) is 0 Å². The van der Waals surface area contributed by atoms with Crippen LogP contribution in [0, 0.1) is 0 Å². The lowest BCUT2D eigenvalue weighted by molar-refractivity contribution is 0.104. The summed E-state index contributed by atoms with van der Waals surface area (Å²) in [5.41, 5.74) is 4.29. The first kappa shape index (κ1) is 12.9. The molecular weight excluding hydrogens is 296 g/mol. The van der Waals surface area contributed by atoms with Crippen molar-refractivity contribution in [1.82, 2.24) is 9.97 Å². The molecule has 0 atom stereocenters. The number of rotatable bonds is 5. The molecule has 0 aliphatic heterocycles. The number of aromatic nitrogens is 2. The first-order valence-corrected chi connectivity index (χ1v) is 6.17. The van der Waals surface area contributed by atoms with Gasteiger partial charge in [-0.25, -0.2) is 10.8 Å². The Morgan fingerprint density at radius 1 is 1.17 bits per heavy atom. The number of nitrogen functional groups attached to an aromatic ring is 1. The molecule has 5 nitrogen and oxygen atoms in total. The molecule has 1 aromatic heterocycles. The minimum Gasteiger partial charge on any atom is -0.370 e. The van der Waals surface area contributed by atoms with Crippen LogP contribution < -0.4 is 11.3 Å². The molecule has 0 saturated heterocycles. The summed E-state index contributed by atoms with van der Waals surface area (Å²) in [7, 11) is 0. The van der Waals surface area contributed by atoms with Crippen molar-refractivity contribution in [1.29, 1.82) is 0 Å². The van der Waals surface area contributed by atoms with Gasteiger partial charge in [0, 0.05) is 4.47 Å². The van der Waals surface area contributed by atoms with Gasteiger partial charge in [-0.2, -0.15) is 0 Å². The van der Waals surface area contributed by atoms with Crippen molar-refractivity contribution < 1.29 is 4.74 Å². The van der Waals surface area contributed by atoms with Crippen LogP contribution >= 0.6 is 15.9 Å². The van der Waals surface area contributed by atoms with E-state index in [1.165, 1.54) is 0 Å². The topological polar surface area (TPSA) is 73.1 Å². The van der Waals surface area contributed by atoms with E-state index in [9.17, 15) is 0 Å². The molecular formula is C12H13BrN4O. The Labute approximate surface area is 113 Å². The zero-order chi connectivity index (χ0) is 12.8. The van der Waals surface area contributed by atoms with E-state index in [1.54, 1.807) is 12.4 Å². The van der Waals surface area contributed by atoms with Crippen molar-refractivity contribution in [3.8, 4) is 0 Å². The van der Waals surface area contributed by atoms with Crippen molar-refractivity contribution in [3.63, 3.8) is 0 Å². The lowest BCUT2D eigenvalue weighted by atomic mass is 10.2. The number of halogens is 1. The first-order chi connectivity index (χ1) is 8.79. The minimum atomic E-state index is 0.416. The van der Waals surface area contributed by atoms with Crippen molar-refractivity contribution in [2.45, 2.75) is 13.2 Å². The number of nitrogens with zero attached hydrogens (tertiary/aromatic N) is 2. The SMILES string of the molecule is NNc1cnc(COCc2ccccc2Br)cn1. The van der Waals surface area contributed by atoms with Gasteiger partial charge in [0.1, 0.15) is 0 Å². The van der Waals surface area contributed by atoms with E-state index < -0.39 is 0 Å². The second kappa shape index (κ2) is 6.44. The molecule has 94 valence electrons. The average Bonchev–Trinajstić information content (AvgIpc) is 2.42. The molecule has 0 radical (unpaired) electrons. The lowest BCUT2D eigenvalue weighted by Gasteiger charge is -2.06. The second-order valence-electron chi connectivity index (χ2n) is 3.62. The third-order valence-corrected chi connectivity index (χ3v) is 3.09. The smallest absolute Gasteiger partial charge is 0.158 e. The number of nitrogens with one attached hydrogen (secondary N) is 1. The first-order valence-electron chi connectivity index (χ1n) is 5.38. The summed E-state index contributed by atoms with van der Waals surface area (Å²) in [5.74, 6) is 5.74. The Morgan fingerprint density at radius 2 is 2.00 bits per heavy atom. The molecule has 2 rings (SSSR count). The van der Waals surface area contributed by atoms with Gasteiger partial charge in [0.15, 0.2) is 5.82 Å². The van der Waals surface area contributed by atoms with E-state index in [2.05, 4.69) is 31.3 Å². The van der Waals surface area contributed by atoms with Gasteiger partial charge >= 0.3 is 0 Å². The third kappa shape index (κ3) is 3.49. The highest BCUT2D eigenvalue weighted by Gasteiger charge is 2.00. The molecule has 0 unspecified atom stereocenters. The summed E-state index contributed by atoms with van der Waals surface area (Å²) < 4.78 is 6.62. The lowest BCUT2D eigenvalue weighted by Crippen LogP contribution is -2.09. The normalized spacial score (nSPS) is 10.3. The zero-order valence-corrected chi connectivity index (χ0v) is 11.2.